The Balaban J connectivity index is 1.70. The van der Waals surface area contributed by atoms with Crippen LogP contribution in [0.3, 0.4) is 0 Å². The maximum absolute atomic E-state index is 13.2. The van der Waals surface area contributed by atoms with Gasteiger partial charge in [0.15, 0.2) is 0 Å². The Labute approximate surface area is 221 Å². The predicted molar refractivity (Wildman–Crippen MR) is 138 cm³/mol. The average molecular weight is 625 g/mol. The molecule has 0 aromatic heterocycles. The van der Waals surface area contributed by atoms with Crippen molar-refractivity contribution in [3.05, 3.63) is 96.4 Å². The minimum absolute atomic E-state index is 0.225. The van der Waals surface area contributed by atoms with Gasteiger partial charge in [0.25, 0.3) is 11.8 Å². The van der Waals surface area contributed by atoms with Crippen molar-refractivity contribution in [1.29, 1.82) is 0 Å². The van der Waals surface area contributed by atoms with Crippen LogP contribution in [0.5, 0.6) is 5.75 Å². The standard InChI is InChI=1S/C24H14Br2Cl2N2O4/c25-15-9-14(21(20(26)11-15)34-12-13-1-3-16(27)4-2-13)10-19-22(31)29-24(33)30(23(19)32)18-7-5-17(28)6-8-18/h1-11H,12H2,(H,29,31,33)/b19-10+. The van der Waals surface area contributed by atoms with Crippen molar-refractivity contribution >= 4 is 84.7 Å². The first-order valence-electron chi connectivity index (χ1n) is 9.76. The summed E-state index contributed by atoms with van der Waals surface area (Å²) in [5.41, 5.74) is 1.39. The van der Waals surface area contributed by atoms with E-state index in [4.69, 9.17) is 27.9 Å². The van der Waals surface area contributed by atoms with E-state index in [0.29, 0.717) is 30.3 Å². The number of carbonyl (C=O) groups is 3. The molecule has 0 aliphatic carbocycles. The third-order valence-corrected chi connectivity index (χ3v) is 6.37. The number of ether oxygens (including phenoxy) is 1. The van der Waals surface area contributed by atoms with Gasteiger partial charge in [-0.05, 0) is 76.1 Å². The monoisotopic (exact) mass is 622 g/mol. The topological polar surface area (TPSA) is 75.7 Å². The Morgan fingerprint density at radius 2 is 1.53 bits per heavy atom. The number of imide groups is 2. The number of amides is 4. The Morgan fingerprint density at radius 1 is 0.912 bits per heavy atom. The fourth-order valence-electron chi connectivity index (χ4n) is 3.21. The van der Waals surface area contributed by atoms with Crippen LogP contribution in [0.2, 0.25) is 10.0 Å². The molecule has 1 fully saturated rings. The summed E-state index contributed by atoms with van der Waals surface area (Å²) in [7, 11) is 0. The molecule has 3 aromatic rings. The average Bonchev–Trinajstić information content (AvgIpc) is 2.78. The van der Waals surface area contributed by atoms with E-state index < -0.39 is 17.8 Å². The van der Waals surface area contributed by atoms with Crippen molar-refractivity contribution < 1.29 is 19.1 Å². The Bertz CT molecular complexity index is 1330. The van der Waals surface area contributed by atoms with E-state index in [1.807, 2.05) is 12.1 Å². The minimum Gasteiger partial charge on any atom is -0.487 e. The van der Waals surface area contributed by atoms with Crippen molar-refractivity contribution in [3.63, 3.8) is 0 Å². The molecule has 4 amide bonds. The van der Waals surface area contributed by atoms with Gasteiger partial charge in [-0.2, -0.15) is 0 Å². The van der Waals surface area contributed by atoms with Crippen molar-refractivity contribution in [2.75, 3.05) is 4.90 Å². The fraction of sp³-hybridized carbons (Fsp3) is 0.0417. The van der Waals surface area contributed by atoms with Crippen LogP contribution < -0.4 is 15.0 Å². The van der Waals surface area contributed by atoms with E-state index >= 15 is 0 Å². The van der Waals surface area contributed by atoms with Crippen LogP contribution in [-0.4, -0.2) is 17.8 Å². The summed E-state index contributed by atoms with van der Waals surface area (Å²) in [5.74, 6) is -1.16. The van der Waals surface area contributed by atoms with Gasteiger partial charge in [0, 0.05) is 20.1 Å². The number of carbonyl (C=O) groups excluding carboxylic acids is 3. The number of halogens is 4. The van der Waals surface area contributed by atoms with Gasteiger partial charge in [-0.1, -0.05) is 51.3 Å². The molecule has 0 unspecified atom stereocenters. The molecule has 0 atom stereocenters. The second kappa shape index (κ2) is 10.3. The lowest BCUT2D eigenvalue weighted by atomic mass is 10.1. The second-order valence-corrected chi connectivity index (χ2v) is 9.80. The highest BCUT2D eigenvalue weighted by Gasteiger charge is 2.37. The molecule has 1 heterocycles. The number of nitrogens with one attached hydrogen (secondary N) is 1. The summed E-state index contributed by atoms with van der Waals surface area (Å²) in [5, 5.41) is 3.26. The highest BCUT2D eigenvalue weighted by molar-refractivity contribution is 9.11. The Morgan fingerprint density at radius 3 is 2.18 bits per heavy atom. The quantitative estimate of drug-likeness (QED) is 0.251. The second-order valence-electron chi connectivity index (χ2n) is 7.16. The number of barbiturate groups is 1. The number of nitrogens with zero attached hydrogens (tertiary/aromatic N) is 1. The Hall–Kier alpha value is -2.65. The van der Waals surface area contributed by atoms with E-state index in [0.717, 1.165) is 10.5 Å². The van der Waals surface area contributed by atoms with Crippen LogP contribution in [0.15, 0.2) is 75.2 Å². The summed E-state index contributed by atoms with van der Waals surface area (Å²) in [6.45, 7) is 0.225. The molecule has 0 spiro atoms. The Kier molecular flexibility index (Phi) is 7.42. The SMILES string of the molecule is O=C1NC(=O)N(c2ccc(Cl)cc2)C(=O)/C1=C/c1cc(Br)cc(Br)c1OCc1ccc(Cl)cc1. The zero-order chi connectivity index (χ0) is 24.4. The molecule has 34 heavy (non-hydrogen) atoms. The highest BCUT2D eigenvalue weighted by atomic mass is 79.9. The molecule has 1 saturated heterocycles. The molecule has 1 aliphatic rings. The van der Waals surface area contributed by atoms with Crippen molar-refractivity contribution in [2.24, 2.45) is 0 Å². The number of benzene rings is 3. The molecule has 1 aliphatic heterocycles. The highest BCUT2D eigenvalue weighted by Crippen LogP contribution is 2.36. The third kappa shape index (κ3) is 5.36. The van der Waals surface area contributed by atoms with Crippen LogP contribution in [0.4, 0.5) is 10.5 Å². The van der Waals surface area contributed by atoms with E-state index in [-0.39, 0.29) is 17.9 Å². The number of rotatable bonds is 5. The van der Waals surface area contributed by atoms with Crippen molar-refractivity contribution in [1.82, 2.24) is 5.32 Å². The van der Waals surface area contributed by atoms with Gasteiger partial charge in [-0.3, -0.25) is 14.9 Å². The van der Waals surface area contributed by atoms with Gasteiger partial charge >= 0.3 is 6.03 Å². The molecule has 4 rings (SSSR count). The zero-order valence-electron chi connectivity index (χ0n) is 17.2. The summed E-state index contributed by atoms with van der Waals surface area (Å²) in [6.07, 6.45) is 1.39. The van der Waals surface area contributed by atoms with Gasteiger partial charge in [0.05, 0.1) is 10.2 Å². The maximum atomic E-state index is 13.2. The summed E-state index contributed by atoms with van der Waals surface area (Å²) in [6, 6.07) is 16.0. The van der Waals surface area contributed by atoms with Crippen LogP contribution in [-0.2, 0) is 16.2 Å². The number of urea groups is 1. The molecule has 0 radical (unpaired) electrons. The van der Waals surface area contributed by atoms with Crippen LogP contribution in [0, 0.1) is 0 Å². The fourth-order valence-corrected chi connectivity index (χ4v) is 4.84. The van der Waals surface area contributed by atoms with Crippen molar-refractivity contribution in [3.8, 4) is 5.75 Å². The molecule has 0 saturated carbocycles. The molecular weight excluding hydrogens is 611 g/mol. The van der Waals surface area contributed by atoms with Gasteiger partial charge in [-0.25, -0.2) is 9.69 Å². The predicted octanol–water partition coefficient (Wildman–Crippen LogP) is 6.76. The van der Waals surface area contributed by atoms with Gasteiger partial charge in [-0.15, -0.1) is 0 Å². The molecule has 3 aromatic carbocycles. The van der Waals surface area contributed by atoms with E-state index in [2.05, 4.69) is 37.2 Å². The van der Waals surface area contributed by atoms with E-state index in [1.54, 1.807) is 36.4 Å². The van der Waals surface area contributed by atoms with Crippen LogP contribution in [0.25, 0.3) is 6.08 Å². The zero-order valence-corrected chi connectivity index (χ0v) is 21.8. The number of hydrogen-bond acceptors (Lipinski definition) is 4. The lowest BCUT2D eigenvalue weighted by molar-refractivity contribution is -0.122. The van der Waals surface area contributed by atoms with Gasteiger partial charge in [0.1, 0.15) is 17.9 Å². The lowest BCUT2D eigenvalue weighted by Gasteiger charge is -2.26. The van der Waals surface area contributed by atoms with Crippen LogP contribution >= 0.6 is 55.1 Å². The molecule has 1 N–H and O–H groups in total. The molecule has 6 nitrogen and oxygen atoms in total. The normalized spacial score (nSPS) is 15.0. The van der Waals surface area contributed by atoms with E-state index in [9.17, 15) is 14.4 Å². The largest absolute Gasteiger partial charge is 0.487 e. The summed E-state index contributed by atoms with van der Waals surface area (Å²) >= 11 is 18.7. The summed E-state index contributed by atoms with van der Waals surface area (Å²) in [4.78, 5) is 39.1. The van der Waals surface area contributed by atoms with Crippen LogP contribution in [0.1, 0.15) is 11.1 Å². The van der Waals surface area contributed by atoms with Crippen molar-refractivity contribution in [2.45, 2.75) is 6.61 Å². The van der Waals surface area contributed by atoms with Gasteiger partial charge < -0.3 is 4.74 Å². The first kappa shape index (κ1) is 24.5. The third-order valence-electron chi connectivity index (χ3n) is 4.82. The first-order chi connectivity index (χ1) is 16.2. The molecule has 10 heteroatoms. The summed E-state index contributed by atoms with van der Waals surface area (Å²) < 4.78 is 7.32. The molecular formula is C24H14Br2Cl2N2O4. The first-order valence-corrected chi connectivity index (χ1v) is 12.1. The number of hydrogen-bond donors (Lipinski definition) is 1. The number of anilines is 1. The minimum atomic E-state index is -0.843. The lowest BCUT2D eigenvalue weighted by Crippen LogP contribution is -2.54. The smallest absolute Gasteiger partial charge is 0.335 e. The maximum Gasteiger partial charge on any atom is 0.335 e. The molecule has 0 bridgehead atoms. The van der Waals surface area contributed by atoms with E-state index in [1.165, 1.54) is 18.2 Å². The molecule has 172 valence electrons. The van der Waals surface area contributed by atoms with Gasteiger partial charge in [0.2, 0.25) is 0 Å².